The standard InChI is InChI=1S/C9H11BBrF3N.K/c1-15(7-10(12,13)14)6-8-4-2-3-5-9(8)11;/h2-5H,6-7H2,1H3;/q-1;+1. The molecule has 0 aliphatic heterocycles. The molecule has 0 amide bonds. The van der Waals surface area contributed by atoms with Gasteiger partial charge in [0.05, 0.1) is 0 Å². The first kappa shape index (κ1) is 17.2. The summed E-state index contributed by atoms with van der Waals surface area (Å²) in [6, 6.07) is 7.28. The van der Waals surface area contributed by atoms with E-state index in [1.807, 2.05) is 24.3 Å². The third kappa shape index (κ3) is 6.78. The molecule has 0 saturated heterocycles. The molecule has 0 aliphatic rings. The minimum atomic E-state index is -4.74. The van der Waals surface area contributed by atoms with Crippen molar-refractivity contribution in [2.45, 2.75) is 6.54 Å². The van der Waals surface area contributed by atoms with Gasteiger partial charge in [-0.2, -0.15) is 0 Å². The molecule has 0 unspecified atom stereocenters. The van der Waals surface area contributed by atoms with Crippen molar-refractivity contribution < 1.29 is 64.3 Å². The molecule has 0 N–H and O–H groups in total. The summed E-state index contributed by atoms with van der Waals surface area (Å²) in [5, 5.41) is 0. The molecule has 0 saturated carbocycles. The van der Waals surface area contributed by atoms with E-state index in [9.17, 15) is 12.9 Å². The zero-order valence-corrected chi connectivity index (χ0v) is 14.0. The number of benzene rings is 1. The van der Waals surface area contributed by atoms with Crippen LogP contribution in [-0.4, -0.2) is 25.4 Å². The van der Waals surface area contributed by atoms with Crippen LogP contribution >= 0.6 is 15.9 Å². The van der Waals surface area contributed by atoms with Gasteiger partial charge in [0.15, 0.2) is 0 Å². The zero-order valence-electron chi connectivity index (χ0n) is 9.26. The fourth-order valence-electron chi connectivity index (χ4n) is 1.34. The van der Waals surface area contributed by atoms with Gasteiger partial charge in [-0.3, -0.25) is 0 Å². The predicted molar refractivity (Wildman–Crippen MR) is 59.6 cm³/mol. The molecule has 0 heterocycles. The Labute approximate surface area is 144 Å². The van der Waals surface area contributed by atoms with Crippen LogP contribution in [0.3, 0.4) is 0 Å². The molecule has 84 valence electrons. The molecule has 1 aromatic rings. The van der Waals surface area contributed by atoms with Crippen molar-refractivity contribution in [2.75, 3.05) is 13.5 Å². The van der Waals surface area contributed by atoms with Crippen LogP contribution in [0, 0.1) is 0 Å². The van der Waals surface area contributed by atoms with E-state index in [1.54, 1.807) is 0 Å². The van der Waals surface area contributed by atoms with Gasteiger partial charge in [-0.15, -0.1) is 0 Å². The van der Waals surface area contributed by atoms with Crippen molar-refractivity contribution in [1.29, 1.82) is 0 Å². The van der Waals surface area contributed by atoms with Gasteiger partial charge in [0.1, 0.15) is 0 Å². The van der Waals surface area contributed by atoms with Crippen molar-refractivity contribution in [2.24, 2.45) is 0 Å². The van der Waals surface area contributed by atoms with E-state index >= 15 is 0 Å². The topological polar surface area (TPSA) is 3.24 Å². The van der Waals surface area contributed by atoms with Gasteiger partial charge in [0.2, 0.25) is 0 Å². The molecular weight excluding hydrogens is 309 g/mol. The Morgan fingerprint density at radius 1 is 1.25 bits per heavy atom. The van der Waals surface area contributed by atoms with Crippen molar-refractivity contribution in [3.63, 3.8) is 0 Å². The van der Waals surface area contributed by atoms with E-state index in [2.05, 4.69) is 15.9 Å². The second-order valence-corrected chi connectivity index (χ2v) is 4.35. The number of halogens is 4. The second-order valence-electron chi connectivity index (χ2n) is 3.50. The summed E-state index contributed by atoms with van der Waals surface area (Å²) in [5.74, 6) is 0. The van der Waals surface area contributed by atoms with Gasteiger partial charge < -0.3 is 17.8 Å². The van der Waals surface area contributed by atoms with Crippen molar-refractivity contribution in [1.82, 2.24) is 4.90 Å². The average molecular weight is 320 g/mol. The van der Waals surface area contributed by atoms with Crippen LogP contribution in [0.2, 0.25) is 0 Å². The summed E-state index contributed by atoms with van der Waals surface area (Å²) < 4.78 is 37.2. The SMILES string of the molecule is CN(Cc1ccccc1Br)C[B-](F)(F)F.[K+]. The summed E-state index contributed by atoms with van der Waals surface area (Å²) in [7, 11) is 1.47. The maximum Gasteiger partial charge on any atom is 1.00 e. The van der Waals surface area contributed by atoms with Crippen molar-refractivity contribution >= 4 is 22.9 Å². The molecule has 0 aromatic heterocycles. The average Bonchev–Trinajstić information content (AvgIpc) is 2.05. The smallest absolute Gasteiger partial charge is 0.448 e. The molecular formula is C9H11BBrF3KN. The minimum Gasteiger partial charge on any atom is -0.448 e. The Morgan fingerprint density at radius 3 is 2.31 bits per heavy atom. The van der Waals surface area contributed by atoms with Crippen LogP contribution < -0.4 is 51.4 Å². The Kier molecular flexibility index (Phi) is 8.10. The second kappa shape index (κ2) is 7.56. The van der Waals surface area contributed by atoms with Crippen LogP contribution in [0.15, 0.2) is 28.7 Å². The molecule has 0 fully saturated rings. The third-order valence-electron chi connectivity index (χ3n) is 1.92. The summed E-state index contributed by atoms with van der Waals surface area (Å²) in [6.07, 6.45) is -0.832. The summed E-state index contributed by atoms with van der Waals surface area (Å²) in [6.45, 7) is -4.45. The van der Waals surface area contributed by atoms with Crippen LogP contribution in [-0.2, 0) is 6.54 Å². The summed E-state index contributed by atoms with van der Waals surface area (Å²) in [5.41, 5.74) is 0.861. The van der Waals surface area contributed by atoms with Gasteiger partial charge in [0.25, 0.3) is 0 Å². The van der Waals surface area contributed by atoms with Crippen molar-refractivity contribution in [3.05, 3.63) is 34.3 Å². The Bertz CT molecular complexity index is 335. The molecule has 16 heavy (non-hydrogen) atoms. The van der Waals surface area contributed by atoms with Gasteiger partial charge in [-0.05, 0) is 25.1 Å². The van der Waals surface area contributed by atoms with Gasteiger partial charge in [-0.25, -0.2) is 0 Å². The van der Waals surface area contributed by atoms with Gasteiger partial charge >= 0.3 is 58.4 Å². The maximum atomic E-state index is 12.1. The zero-order chi connectivity index (χ0) is 11.5. The van der Waals surface area contributed by atoms with E-state index in [4.69, 9.17) is 0 Å². The fraction of sp³-hybridized carbons (Fsp3) is 0.333. The van der Waals surface area contributed by atoms with Crippen LogP contribution in [0.4, 0.5) is 12.9 Å². The molecule has 0 aliphatic carbocycles. The van der Waals surface area contributed by atoms with Crippen molar-refractivity contribution in [3.8, 4) is 0 Å². The number of rotatable bonds is 4. The molecule has 1 rings (SSSR count). The quantitative estimate of drug-likeness (QED) is 0.720. The number of nitrogens with zero attached hydrogens (tertiary/aromatic N) is 1. The molecule has 0 spiro atoms. The number of hydrogen-bond acceptors (Lipinski definition) is 1. The normalized spacial score (nSPS) is 11.4. The largest absolute Gasteiger partial charge is 1.00 e. The molecule has 7 heteroatoms. The van der Waals surface area contributed by atoms with Gasteiger partial charge in [-0.1, -0.05) is 34.1 Å². The van der Waals surface area contributed by atoms with E-state index in [0.29, 0.717) is 6.54 Å². The first-order chi connectivity index (χ1) is 6.88. The van der Waals surface area contributed by atoms with Gasteiger partial charge in [0, 0.05) is 11.0 Å². The predicted octanol–water partition coefficient (Wildman–Crippen LogP) is 0.271. The molecule has 1 aromatic carbocycles. The first-order valence-corrected chi connectivity index (χ1v) is 5.31. The van der Waals surface area contributed by atoms with E-state index < -0.39 is 13.4 Å². The van der Waals surface area contributed by atoms with E-state index in [1.165, 1.54) is 11.9 Å². The van der Waals surface area contributed by atoms with E-state index in [0.717, 1.165) is 10.0 Å². The molecule has 0 bridgehead atoms. The summed E-state index contributed by atoms with van der Waals surface area (Å²) >= 11 is 3.30. The Morgan fingerprint density at radius 2 is 1.81 bits per heavy atom. The molecule has 0 radical (unpaired) electrons. The first-order valence-electron chi connectivity index (χ1n) is 4.51. The Balaban J connectivity index is 0.00000225. The minimum absolute atomic E-state index is 0. The van der Waals surface area contributed by atoms with Crippen LogP contribution in [0.1, 0.15) is 5.56 Å². The Hall–Kier alpha value is 1.15. The van der Waals surface area contributed by atoms with Crippen LogP contribution in [0.5, 0.6) is 0 Å². The molecule has 1 nitrogen and oxygen atoms in total. The third-order valence-corrected chi connectivity index (χ3v) is 2.69. The summed E-state index contributed by atoms with van der Waals surface area (Å²) in [4.78, 5) is 1.26. The number of hydrogen-bond donors (Lipinski definition) is 0. The maximum absolute atomic E-state index is 12.1. The van der Waals surface area contributed by atoms with E-state index in [-0.39, 0.29) is 51.4 Å². The monoisotopic (exact) mass is 319 g/mol. The fourth-order valence-corrected chi connectivity index (χ4v) is 1.75. The van der Waals surface area contributed by atoms with Crippen LogP contribution in [0.25, 0.3) is 0 Å². The molecule has 0 atom stereocenters.